The molecule has 0 aliphatic heterocycles. The van der Waals surface area contributed by atoms with Crippen LogP contribution in [0.5, 0.6) is 0 Å². The van der Waals surface area contributed by atoms with Gasteiger partial charge < -0.3 is 0 Å². The number of thiol groups is 1. The maximum Gasteiger partial charge on any atom is 0.0991 e. The summed E-state index contributed by atoms with van der Waals surface area (Å²) in [6, 6.07) is 48.0. The predicted molar refractivity (Wildman–Crippen MR) is 166 cm³/mol. The largest absolute Gasteiger partial charge is 0.255 e. The Balaban J connectivity index is 1.20. The lowest BCUT2D eigenvalue weighted by Gasteiger charge is -2.09. The quantitative estimate of drug-likeness (QED) is 0.180. The zero-order valence-corrected chi connectivity index (χ0v) is 22.0. The molecule has 0 amide bonds. The summed E-state index contributed by atoms with van der Waals surface area (Å²) in [5.74, 6) is 0. The minimum absolute atomic E-state index is 0.674. The van der Waals surface area contributed by atoms with Gasteiger partial charge in [0, 0.05) is 11.1 Å². The number of para-hydroxylation sites is 1. The molecule has 6 aromatic rings. The van der Waals surface area contributed by atoms with E-state index in [-0.39, 0.29) is 0 Å². The predicted octanol–water partition coefficient (Wildman–Crippen LogP) is 9.75. The molecule has 184 valence electrons. The summed E-state index contributed by atoms with van der Waals surface area (Å²) in [6.45, 7) is 0. The smallest absolute Gasteiger partial charge is 0.0991 e. The van der Waals surface area contributed by atoms with Crippen LogP contribution in [0.3, 0.4) is 0 Å². The van der Waals surface area contributed by atoms with Gasteiger partial charge in [-0.15, -0.1) is 12.6 Å². The van der Waals surface area contributed by atoms with E-state index in [1.807, 2.05) is 54.7 Å². The summed E-state index contributed by atoms with van der Waals surface area (Å²) in [7, 11) is 0. The molecular weight excluding hydrogens is 492 g/mol. The molecule has 0 fully saturated rings. The van der Waals surface area contributed by atoms with Gasteiger partial charge >= 0.3 is 0 Å². The van der Waals surface area contributed by atoms with E-state index in [0.717, 1.165) is 27.3 Å². The van der Waals surface area contributed by atoms with Gasteiger partial charge in [0.15, 0.2) is 0 Å². The van der Waals surface area contributed by atoms with Crippen LogP contribution in [0.15, 0.2) is 143 Å². The van der Waals surface area contributed by atoms with Gasteiger partial charge in [-0.3, -0.25) is 4.99 Å². The number of benzene rings is 6. The highest BCUT2D eigenvalue weighted by atomic mass is 32.1. The molecule has 0 heterocycles. The second-order valence-electron chi connectivity index (χ2n) is 9.41. The number of hydrogen-bond acceptors (Lipinski definition) is 3. The molecule has 0 aliphatic rings. The zero-order valence-electron chi connectivity index (χ0n) is 21.1. The van der Waals surface area contributed by atoms with Gasteiger partial charge in [0.05, 0.1) is 17.3 Å². The van der Waals surface area contributed by atoms with Crippen molar-refractivity contribution in [1.29, 1.82) is 5.26 Å². The van der Waals surface area contributed by atoms with Crippen molar-refractivity contribution in [3.05, 3.63) is 145 Å². The van der Waals surface area contributed by atoms with Crippen molar-refractivity contribution in [2.45, 2.75) is 4.90 Å². The third-order valence-corrected chi connectivity index (χ3v) is 7.26. The van der Waals surface area contributed by atoms with Gasteiger partial charge in [-0.05, 0) is 86.1 Å². The summed E-state index contributed by atoms with van der Waals surface area (Å²) in [5, 5.41) is 11.4. The normalized spacial score (nSPS) is 11.1. The molecule has 6 aromatic carbocycles. The van der Waals surface area contributed by atoms with Crippen molar-refractivity contribution < 1.29 is 0 Å². The average molecular weight is 517 g/mol. The molecule has 6 rings (SSSR count). The second kappa shape index (κ2) is 10.8. The highest BCUT2D eigenvalue weighted by Gasteiger charge is 2.05. The first-order valence-corrected chi connectivity index (χ1v) is 13.2. The molecule has 0 aromatic heterocycles. The number of fused-ring (bicyclic) bond motifs is 1. The molecule has 0 atom stereocenters. The molecule has 2 nitrogen and oxygen atoms in total. The SMILES string of the molecule is N#Cc1ccc(-c2ccc(-c3ccc4cc(-c5ccc(C=Nc6ccccc6S)cc5)ccc4c3)cc2)cc1. The molecule has 39 heavy (non-hydrogen) atoms. The lowest BCUT2D eigenvalue weighted by atomic mass is 9.96. The van der Waals surface area contributed by atoms with E-state index >= 15 is 0 Å². The second-order valence-corrected chi connectivity index (χ2v) is 9.89. The first-order chi connectivity index (χ1) is 19.2. The first-order valence-electron chi connectivity index (χ1n) is 12.7. The fourth-order valence-electron chi connectivity index (χ4n) is 4.68. The van der Waals surface area contributed by atoms with Crippen LogP contribution in [0.25, 0.3) is 44.2 Å². The standard InChI is InChI=1S/C36H24N2S/c37-23-25-5-9-27(10-6-25)28-13-15-30(16-14-28)32-18-20-33-21-31(17-19-34(33)22-32)29-11-7-26(8-12-29)24-38-35-3-1-2-4-36(35)39/h1-22,24,39H. The summed E-state index contributed by atoms with van der Waals surface area (Å²) in [6.07, 6.45) is 1.87. The Bertz CT molecular complexity index is 1840. The van der Waals surface area contributed by atoms with E-state index in [1.165, 1.54) is 33.0 Å². The fourth-order valence-corrected chi connectivity index (χ4v) is 4.89. The van der Waals surface area contributed by atoms with E-state index < -0.39 is 0 Å². The Kier molecular flexibility index (Phi) is 6.78. The Labute approximate surface area is 234 Å². The molecule has 0 saturated carbocycles. The van der Waals surface area contributed by atoms with E-state index in [0.29, 0.717) is 5.56 Å². The number of nitrogens with zero attached hydrogens (tertiary/aromatic N) is 2. The van der Waals surface area contributed by atoms with Crippen molar-refractivity contribution in [2.24, 2.45) is 4.99 Å². The summed E-state index contributed by atoms with van der Waals surface area (Å²) in [5.41, 5.74) is 9.55. The number of hydrogen-bond donors (Lipinski definition) is 1. The zero-order chi connectivity index (χ0) is 26.6. The van der Waals surface area contributed by atoms with Gasteiger partial charge in [-0.1, -0.05) is 97.1 Å². The van der Waals surface area contributed by atoms with Crippen LogP contribution in [0, 0.1) is 11.3 Å². The molecule has 0 unspecified atom stereocenters. The summed E-state index contributed by atoms with van der Waals surface area (Å²) in [4.78, 5) is 5.43. The maximum absolute atomic E-state index is 9.02. The van der Waals surface area contributed by atoms with E-state index in [4.69, 9.17) is 5.26 Å². The van der Waals surface area contributed by atoms with Gasteiger partial charge in [0.2, 0.25) is 0 Å². The van der Waals surface area contributed by atoms with Crippen LogP contribution in [-0.4, -0.2) is 6.21 Å². The van der Waals surface area contributed by atoms with Gasteiger partial charge in [-0.25, -0.2) is 0 Å². The van der Waals surface area contributed by atoms with Gasteiger partial charge in [0.25, 0.3) is 0 Å². The number of nitriles is 1. The maximum atomic E-state index is 9.02. The van der Waals surface area contributed by atoms with Crippen molar-refractivity contribution in [3.63, 3.8) is 0 Å². The highest BCUT2D eigenvalue weighted by molar-refractivity contribution is 7.80. The fraction of sp³-hybridized carbons (Fsp3) is 0. The monoisotopic (exact) mass is 516 g/mol. The number of aliphatic imine (C=N–C) groups is 1. The summed E-state index contributed by atoms with van der Waals surface area (Å²) >= 11 is 4.47. The lowest BCUT2D eigenvalue weighted by Crippen LogP contribution is -1.84. The van der Waals surface area contributed by atoms with Crippen LogP contribution in [-0.2, 0) is 0 Å². The topological polar surface area (TPSA) is 36.1 Å². The Hall–Kier alpha value is -4.91. The Morgan fingerprint density at radius 1 is 0.538 bits per heavy atom. The van der Waals surface area contributed by atoms with Crippen LogP contribution >= 0.6 is 12.6 Å². The van der Waals surface area contributed by atoms with E-state index in [9.17, 15) is 0 Å². The first kappa shape index (κ1) is 24.4. The van der Waals surface area contributed by atoms with Crippen molar-refractivity contribution in [1.82, 2.24) is 0 Å². The minimum Gasteiger partial charge on any atom is -0.255 e. The Morgan fingerprint density at radius 3 is 1.54 bits per heavy atom. The van der Waals surface area contributed by atoms with Gasteiger partial charge in [0.1, 0.15) is 0 Å². The molecule has 0 N–H and O–H groups in total. The van der Waals surface area contributed by atoms with Crippen LogP contribution in [0.1, 0.15) is 11.1 Å². The van der Waals surface area contributed by atoms with E-state index in [2.05, 4.69) is 109 Å². The van der Waals surface area contributed by atoms with Crippen molar-refractivity contribution in [3.8, 4) is 39.4 Å². The molecule has 0 bridgehead atoms. The number of rotatable bonds is 5. The molecule has 0 spiro atoms. The molecule has 0 aliphatic carbocycles. The molecule has 0 saturated heterocycles. The van der Waals surface area contributed by atoms with Crippen LogP contribution in [0.2, 0.25) is 0 Å². The third kappa shape index (κ3) is 5.38. The Morgan fingerprint density at radius 2 is 1.00 bits per heavy atom. The van der Waals surface area contributed by atoms with E-state index in [1.54, 1.807) is 0 Å². The van der Waals surface area contributed by atoms with Gasteiger partial charge in [-0.2, -0.15) is 5.26 Å². The molecular formula is C36H24N2S. The minimum atomic E-state index is 0.674. The molecule has 3 heteroatoms. The van der Waals surface area contributed by atoms with Crippen molar-refractivity contribution in [2.75, 3.05) is 0 Å². The van der Waals surface area contributed by atoms with Crippen molar-refractivity contribution >= 4 is 35.3 Å². The van der Waals surface area contributed by atoms with Crippen LogP contribution in [0.4, 0.5) is 5.69 Å². The molecule has 0 radical (unpaired) electrons. The summed E-state index contributed by atoms with van der Waals surface area (Å²) < 4.78 is 0. The average Bonchev–Trinajstić information content (AvgIpc) is 3.00. The van der Waals surface area contributed by atoms with Crippen LogP contribution < -0.4 is 0 Å². The highest BCUT2D eigenvalue weighted by Crippen LogP contribution is 2.30. The third-order valence-electron chi connectivity index (χ3n) is 6.88. The lowest BCUT2D eigenvalue weighted by molar-refractivity contribution is 1.39.